The number of benzene rings is 1. The minimum atomic E-state index is -1.13. The SMILES string of the molecule is OC(Cc1ccc[nH]1)(c1ccccc1)c1ccccn1. The lowest BCUT2D eigenvalue weighted by Crippen LogP contribution is -2.31. The summed E-state index contributed by atoms with van der Waals surface area (Å²) in [5.41, 5.74) is 1.34. The molecule has 3 rings (SSSR count). The monoisotopic (exact) mass is 264 g/mol. The number of aliphatic hydroxyl groups is 1. The first kappa shape index (κ1) is 12.6. The van der Waals surface area contributed by atoms with E-state index in [1.807, 2.05) is 66.9 Å². The molecule has 0 bridgehead atoms. The highest BCUT2D eigenvalue weighted by atomic mass is 16.3. The van der Waals surface area contributed by atoms with Crippen molar-refractivity contribution in [3.05, 3.63) is 90.0 Å². The molecule has 2 N–H and O–H groups in total. The number of aromatic amines is 1. The van der Waals surface area contributed by atoms with Crippen LogP contribution < -0.4 is 0 Å². The second-order valence-electron chi connectivity index (χ2n) is 4.81. The molecule has 2 heterocycles. The van der Waals surface area contributed by atoms with Crippen LogP contribution in [0.2, 0.25) is 0 Å². The van der Waals surface area contributed by atoms with Crippen LogP contribution in [-0.2, 0) is 12.0 Å². The van der Waals surface area contributed by atoms with Crippen LogP contribution >= 0.6 is 0 Å². The third-order valence-corrected chi connectivity index (χ3v) is 3.45. The molecular formula is C17H16N2O. The molecule has 20 heavy (non-hydrogen) atoms. The molecule has 1 unspecified atom stereocenters. The van der Waals surface area contributed by atoms with Gasteiger partial charge in [-0.15, -0.1) is 0 Å². The van der Waals surface area contributed by atoms with E-state index in [9.17, 15) is 5.11 Å². The predicted molar refractivity (Wildman–Crippen MR) is 78.2 cm³/mol. The Morgan fingerprint density at radius 3 is 2.40 bits per heavy atom. The summed E-state index contributed by atoms with van der Waals surface area (Å²) in [5.74, 6) is 0. The van der Waals surface area contributed by atoms with Gasteiger partial charge in [0.15, 0.2) is 0 Å². The van der Waals surface area contributed by atoms with Crippen molar-refractivity contribution in [2.75, 3.05) is 0 Å². The molecular weight excluding hydrogens is 248 g/mol. The molecule has 0 spiro atoms. The van der Waals surface area contributed by atoms with Gasteiger partial charge in [-0.05, 0) is 29.8 Å². The summed E-state index contributed by atoms with van der Waals surface area (Å²) in [7, 11) is 0. The second-order valence-corrected chi connectivity index (χ2v) is 4.81. The van der Waals surface area contributed by atoms with Gasteiger partial charge in [-0.1, -0.05) is 36.4 Å². The Hall–Kier alpha value is -2.39. The highest BCUT2D eigenvalue weighted by molar-refractivity contribution is 5.34. The third-order valence-electron chi connectivity index (χ3n) is 3.45. The van der Waals surface area contributed by atoms with Crippen molar-refractivity contribution in [2.24, 2.45) is 0 Å². The molecule has 2 aromatic heterocycles. The average Bonchev–Trinajstić information content (AvgIpc) is 3.02. The summed E-state index contributed by atoms with van der Waals surface area (Å²) in [6.45, 7) is 0. The standard InChI is InChI=1S/C17H16N2O/c20-17(13-15-9-6-12-18-15,14-7-2-1-3-8-14)16-10-4-5-11-19-16/h1-12,18,20H,13H2. The largest absolute Gasteiger partial charge is 0.378 e. The number of nitrogens with zero attached hydrogens (tertiary/aromatic N) is 1. The Morgan fingerprint density at radius 1 is 0.950 bits per heavy atom. The normalized spacial score (nSPS) is 13.8. The fourth-order valence-electron chi connectivity index (χ4n) is 2.41. The van der Waals surface area contributed by atoms with Gasteiger partial charge in [-0.3, -0.25) is 4.98 Å². The van der Waals surface area contributed by atoms with E-state index in [2.05, 4.69) is 9.97 Å². The highest BCUT2D eigenvalue weighted by Crippen LogP contribution is 2.31. The van der Waals surface area contributed by atoms with Crippen LogP contribution in [-0.4, -0.2) is 15.1 Å². The predicted octanol–water partition coefficient (Wildman–Crippen LogP) is 2.89. The Kier molecular flexibility index (Phi) is 3.35. The van der Waals surface area contributed by atoms with Crippen LogP contribution in [0.15, 0.2) is 73.1 Å². The molecule has 1 aromatic carbocycles. The Bertz CT molecular complexity index is 608. The van der Waals surface area contributed by atoms with E-state index in [1.165, 1.54) is 0 Å². The van der Waals surface area contributed by atoms with Gasteiger partial charge in [0.2, 0.25) is 0 Å². The number of pyridine rings is 1. The van der Waals surface area contributed by atoms with E-state index in [1.54, 1.807) is 6.20 Å². The topological polar surface area (TPSA) is 48.9 Å². The zero-order valence-corrected chi connectivity index (χ0v) is 11.0. The lowest BCUT2D eigenvalue weighted by Gasteiger charge is -2.28. The van der Waals surface area contributed by atoms with Gasteiger partial charge in [0.05, 0.1) is 5.69 Å². The molecule has 0 aliphatic carbocycles. The van der Waals surface area contributed by atoms with Crippen LogP contribution in [0, 0.1) is 0 Å². The summed E-state index contributed by atoms with van der Waals surface area (Å²) >= 11 is 0. The van der Waals surface area contributed by atoms with Crippen molar-refractivity contribution in [3.8, 4) is 0 Å². The Morgan fingerprint density at radius 2 is 1.75 bits per heavy atom. The Balaban J connectivity index is 2.08. The zero-order chi connectivity index (χ0) is 13.8. The molecule has 0 aliphatic heterocycles. The smallest absolute Gasteiger partial charge is 0.137 e. The average molecular weight is 264 g/mol. The molecule has 3 aromatic rings. The summed E-state index contributed by atoms with van der Waals surface area (Å²) in [6.07, 6.45) is 4.03. The number of hydrogen-bond acceptors (Lipinski definition) is 2. The molecule has 0 fully saturated rings. The first-order valence-corrected chi connectivity index (χ1v) is 6.61. The van der Waals surface area contributed by atoms with Crippen molar-refractivity contribution in [1.29, 1.82) is 0 Å². The summed E-state index contributed by atoms with van der Waals surface area (Å²) in [6, 6.07) is 19.2. The lowest BCUT2D eigenvalue weighted by atomic mass is 9.85. The van der Waals surface area contributed by atoms with Gasteiger partial charge in [0.1, 0.15) is 5.60 Å². The maximum absolute atomic E-state index is 11.2. The number of H-pyrrole nitrogens is 1. The van der Waals surface area contributed by atoms with Gasteiger partial charge in [-0.2, -0.15) is 0 Å². The molecule has 1 atom stereocenters. The molecule has 0 amide bonds. The van der Waals surface area contributed by atoms with E-state index in [-0.39, 0.29) is 0 Å². The van der Waals surface area contributed by atoms with E-state index in [0.29, 0.717) is 12.1 Å². The summed E-state index contributed by atoms with van der Waals surface area (Å²) < 4.78 is 0. The molecule has 0 saturated heterocycles. The van der Waals surface area contributed by atoms with Crippen LogP contribution in [0.4, 0.5) is 0 Å². The van der Waals surface area contributed by atoms with Gasteiger partial charge in [0, 0.05) is 24.5 Å². The van der Waals surface area contributed by atoms with Crippen molar-refractivity contribution in [3.63, 3.8) is 0 Å². The first-order chi connectivity index (χ1) is 9.79. The maximum atomic E-state index is 11.2. The van der Waals surface area contributed by atoms with Gasteiger partial charge in [0.25, 0.3) is 0 Å². The highest BCUT2D eigenvalue weighted by Gasteiger charge is 2.33. The third kappa shape index (κ3) is 2.36. The van der Waals surface area contributed by atoms with Gasteiger partial charge in [-0.25, -0.2) is 0 Å². The van der Waals surface area contributed by atoms with Crippen LogP contribution in [0.5, 0.6) is 0 Å². The van der Waals surface area contributed by atoms with Crippen molar-refractivity contribution < 1.29 is 5.11 Å². The minimum absolute atomic E-state index is 0.459. The van der Waals surface area contributed by atoms with E-state index < -0.39 is 5.60 Å². The molecule has 0 aliphatic rings. The fraction of sp³-hybridized carbons (Fsp3) is 0.118. The molecule has 0 saturated carbocycles. The number of aromatic nitrogens is 2. The maximum Gasteiger partial charge on any atom is 0.137 e. The van der Waals surface area contributed by atoms with E-state index in [0.717, 1.165) is 11.3 Å². The van der Waals surface area contributed by atoms with E-state index in [4.69, 9.17) is 0 Å². The number of rotatable bonds is 4. The van der Waals surface area contributed by atoms with E-state index >= 15 is 0 Å². The van der Waals surface area contributed by atoms with Crippen molar-refractivity contribution in [1.82, 2.24) is 9.97 Å². The van der Waals surface area contributed by atoms with Gasteiger partial charge >= 0.3 is 0 Å². The molecule has 3 heteroatoms. The summed E-state index contributed by atoms with van der Waals surface area (Å²) in [5, 5.41) is 11.2. The van der Waals surface area contributed by atoms with Crippen molar-refractivity contribution >= 4 is 0 Å². The fourth-order valence-corrected chi connectivity index (χ4v) is 2.41. The quantitative estimate of drug-likeness (QED) is 0.761. The van der Waals surface area contributed by atoms with Crippen LogP contribution in [0.3, 0.4) is 0 Å². The molecule has 100 valence electrons. The molecule has 0 radical (unpaired) electrons. The zero-order valence-electron chi connectivity index (χ0n) is 11.0. The second kappa shape index (κ2) is 5.31. The molecule has 3 nitrogen and oxygen atoms in total. The van der Waals surface area contributed by atoms with Crippen LogP contribution in [0.1, 0.15) is 17.0 Å². The lowest BCUT2D eigenvalue weighted by molar-refractivity contribution is 0.0755. The van der Waals surface area contributed by atoms with Crippen molar-refractivity contribution in [2.45, 2.75) is 12.0 Å². The van der Waals surface area contributed by atoms with Crippen LogP contribution in [0.25, 0.3) is 0 Å². The summed E-state index contributed by atoms with van der Waals surface area (Å²) in [4.78, 5) is 7.49. The first-order valence-electron chi connectivity index (χ1n) is 6.61. The minimum Gasteiger partial charge on any atom is -0.378 e. The Labute approximate surface area is 117 Å². The van der Waals surface area contributed by atoms with Gasteiger partial charge < -0.3 is 10.1 Å². The number of hydrogen-bond donors (Lipinski definition) is 2. The number of nitrogens with one attached hydrogen (secondary N) is 1.